The third kappa shape index (κ3) is 6.39. The van der Waals surface area contributed by atoms with Crippen molar-refractivity contribution < 1.29 is 27.4 Å². The van der Waals surface area contributed by atoms with Crippen molar-refractivity contribution in [1.29, 1.82) is 0 Å². The van der Waals surface area contributed by atoms with E-state index in [0.29, 0.717) is 49.5 Å². The molecule has 7 atom stereocenters. The number of rotatable bonds is 8. The Morgan fingerprint density at radius 2 is 1.98 bits per heavy atom. The second kappa shape index (κ2) is 13.3. The molecular formula is C35H45FN8O5S. The predicted octanol–water partition coefficient (Wildman–Crippen LogP) is 3.73. The molecule has 5 unspecified atom stereocenters. The minimum Gasteiger partial charge on any atom is -0.390 e. The Labute approximate surface area is 291 Å². The third-order valence-corrected chi connectivity index (χ3v) is 13.3. The van der Waals surface area contributed by atoms with Crippen LogP contribution in [-0.4, -0.2) is 112 Å². The number of likely N-dealkylation sites (tertiary alicyclic amines) is 1. The fourth-order valence-corrected chi connectivity index (χ4v) is 10.6. The Morgan fingerprint density at radius 3 is 2.72 bits per heavy atom. The van der Waals surface area contributed by atoms with Gasteiger partial charge in [-0.3, -0.25) is 4.79 Å². The van der Waals surface area contributed by atoms with Crippen molar-refractivity contribution in [3.63, 3.8) is 0 Å². The molecule has 13 nitrogen and oxygen atoms in total. The number of methoxy groups -OCH3 is 1. The van der Waals surface area contributed by atoms with E-state index in [4.69, 9.17) is 14.7 Å². The van der Waals surface area contributed by atoms with Crippen LogP contribution in [-0.2, 0) is 19.4 Å². The summed E-state index contributed by atoms with van der Waals surface area (Å²) in [6.45, 7) is 9.24. The number of alkyl halides is 1. The maximum absolute atomic E-state index is 14.6. The lowest BCUT2D eigenvalue weighted by molar-refractivity contribution is -0.126. The highest BCUT2D eigenvalue weighted by Crippen LogP contribution is 2.44. The van der Waals surface area contributed by atoms with Gasteiger partial charge in [0.1, 0.15) is 23.6 Å². The fourth-order valence-electron chi connectivity index (χ4n) is 8.15. The van der Waals surface area contributed by atoms with Crippen LogP contribution in [0.5, 0.6) is 0 Å². The van der Waals surface area contributed by atoms with Gasteiger partial charge < -0.3 is 29.9 Å². The number of nitrogens with one attached hydrogen (secondary N) is 1. The zero-order valence-electron chi connectivity index (χ0n) is 28.7. The topological polar surface area (TPSA) is 154 Å². The molecule has 4 saturated heterocycles. The number of carbonyl (C=O) groups excluding carboxylic acids is 1. The highest BCUT2D eigenvalue weighted by molar-refractivity contribution is 7.92. The summed E-state index contributed by atoms with van der Waals surface area (Å²) in [6, 6.07) is 3.32. The first kappa shape index (κ1) is 34.5. The number of piperidine rings is 1. The van der Waals surface area contributed by atoms with Gasteiger partial charge in [0.05, 0.1) is 35.3 Å². The molecule has 0 radical (unpaired) electrons. The van der Waals surface area contributed by atoms with E-state index >= 15 is 0 Å². The number of fused-ring (bicyclic) bond motifs is 1. The van der Waals surface area contributed by atoms with Crippen molar-refractivity contribution >= 4 is 49.9 Å². The molecule has 4 aliphatic rings. The molecule has 3 aromatic heterocycles. The number of halogens is 1. The van der Waals surface area contributed by atoms with Crippen LogP contribution >= 0.6 is 0 Å². The molecule has 0 saturated carbocycles. The quantitative estimate of drug-likeness (QED) is 0.328. The monoisotopic (exact) mass is 708 g/mol. The van der Waals surface area contributed by atoms with Crippen LogP contribution in [0.15, 0.2) is 43.4 Å². The average Bonchev–Trinajstić information content (AvgIpc) is 3.59. The third-order valence-electron chi connectivity index (χ3n) is 11.1. The molecule has 3 aromatic rings. The summed E-state index contributed by atoms with van der Waals surface area (Å²) in [7, 11) is -1.81. The van der Waals surface area contributed by atoms with Crippen molar-refractivity contribution in [2.75, 3.05) is 54.2 Å². The molecule has 0 aliphatic carbocycles. The van der Waals surface area contributed by atoms with E-state index < -0.39 is 33.0 Å². The van der Waals surface area contributed by atoms with E-state index in [1.807, 2.05) is 29.0 Å². The molecule has 7 rings (SSSR count). The second-order valence-electron chi connectivity index (χ2n) is 14.4. The minimum atomic E-state index is -3.33. The molecule has 4 fully saturated rings. The van der Waals surface area contributed by atoms with E-state index in [2.05, 4.69) is 26.8 Å². The largest absolute Gasteiger partial charge is 0.390 e. The normalized spacial score (nSPS) is 31.0. The fraction of sp³-hybridized carbons (Fsp3) is 0.571. The van der Waals surface area contributed by atoms with Crippen LogP contribution in [0.4, 0.5) is 27.8 Å². The highest BCUT2D eigenvalue weighted by atomic mass is 32.2. The Hall–Kier alpha value is -3.95. The Morgan fingerprint density at radius 1 is 1.16 bits per heavy atom. The number of carbonyl (C=O) groups is 1. The van der Waals surface area contributed by atoms with Gasteiger partial charge in [0.25, 0.3) is 0 Å². The van der Waals surface area contributed by atoms with Crippen LogP contribution < -0.4 is 15.1 Å². The molecule has 15 heteroatoms. The van der Waals surface area contributed by atoms with E-state index in [0.717, 1.165) is 29.2 Å². The smallest absolute Gasteiger partial charge is 0.246 e. The first-order valence-electron chi connectivity index (χ1n) is 17.3. The van der Waals surface area contributed by atoms with Gasteiger partial charge in [0.2, 0.25) is 11.9 Å². The van der Waals surface area contributed by atoms with E-state index in [9.17, 15) is 22.7 Å². The molecule has 7 heterocycles. The maximum Gasteiger partial charge on any atom is 0.246 e. The number of ether oxygens (including phenoxy) is 1. The van der Waals surface area contributed by atoms with Gasteiger partial charge in [-0.25, -0.2) is 27.8 Å². The summed E-state index contributed by atoms with van der Waals surface area (Å²) < 4.78 is 46.1. The number of anilines is 4. The van der Waals surface area contributed by atoms with Crippen molar-refractivity contribution in [3.05, 3.63) is 48.9 Å². The molecule has 0 aromatic carbocycles. The second-order valence-corrected chi connectivity index (χ2v) is 16.7. The number of amides is 1. The van der Waals surface area contributed by atoms with E-state index in [-0.39, 0.29) is 49.0 Å². The molecule has 4 aliphatic heterocycles. The summed E-state index contributed by atoms with van der Waals surface area (Å²) in [5.41, 5.74) is -0.122. The zero-order valence-corrected chi connectivity index (χ0v) is 29.5. The first-order chi connectivity index (χ1) is 23.9. The standard InChI is InChI=1S/C35H45FN8O5S/c1-5-32(45)43-12-6-7-27(43)23-17-39-33(44-19-25(21(44)2)29-16-35(3,46)10-14-50(29,47)48)24-18-38-31(15-22(23)24)40-30-8-11-37-34(41-30)42-13-9-28(49-4)26(36)20-42/h5,8,11,15,17-18,21,25-29,46H,1,6-7,9-10,12-14,16,19-20H2,2-4H3,(H,37,38,40,41)/t21?,25?,26-,27?,28+,29?,35?/m0/s1. The number of pyridine rings is 2. The van der Waals surface area contributed by atoms with Crippen molar-refractivity contribution in [1.82, 2.24) is 24.8 Å². The van der Waals surface area contributed by atoms with Gasteiger partial charge in [-0.05, 0) is 69.5 Å². The molecular weight excluding hydrogens is 664 g/mol. The molecule has 2 N–H and O–H groups in total. The van der Waals surface area contributed by atoms with Gasteiger partial charge in [-0.2, -0.15) is 4.98 Å². The molecule has 50 heavy (non-hydrogen) atoms. The van der Waals surface area contributed by atoms with Gasteiger partial charge in [-0.15, -0.1) is 0 Å². The zero-order chi connectivity index (χ0) is 35.4. The van der Waals surface area contributed by atoms with Crippen LogP contribution in [0.2, 0.25) is 0 Å². The lowest BCUT2D eigenvalue weighted by Gasteiger charge is -2.52. The lowest BCUT2D eigenvalue weighted by Crippen LogP contribution is -2.63. The molecule has 1 amide bonds. The highest BCUT2D eigenvalue weighted by Gasteiger charge is 2.51. The van der Waals surface area contributed by atoms with Gasteiger partial charge in [0, 0.05) is 68.2 Å². The van der Waals surface area contributed by atoms with Gasteiger partial charge in [0.15, 0.2) is 9.84 Å². The summed E-state index contributed by atoms with van der Waals surface area (Å²) in [5.74, 6) is 1.82. The summed E-state index contributed by atoms with van der Waals surface area (Å²) >= 11 is 0. The van der Waals surface area contributed by atoms with Crippen LogP contribution in [0.3, 0.4) is 0 Å². The summed E-state index contributed by atoms with van der Waals surface area (Å²) in [4.78, 5) is 37.3. The van der Waals surface area contributed by atoms with Gasteiger partial charge in [-0.1, -0.05) is 6.58 Å². The Kier molecular flexibility index (Phi) is 9.18. The predicted molar refractivity (Wildman–Crippen MR) is 189 cm³/mol. The number of hydrogen-bond donors (Lipinski definition) is 2. The number of hydrogen-bond acceptors (Lipinski definition) is 12. The minimum absolute atomic E-state index is 0.0126. The summed E-state index contributed by atoms with van der Waals surface area (Å²) in [6.07, 6.45) is 7.58. The average molecular weight is 709 g/mol. The van der Waals surface area contributed by atoms with Crippen LogP contribution in [0.1, 0.15) is 57.6 Å². The molecule has 0 spiro atoms. The lowest BCUT2D eigenvalue weighted by atomic mass is 9.81. The van der Waals surface area contributed by atoms with Crippen molar-refractivity contribution in [3.8, 4) is 0 Å². The molecule has 268 valence electrons. The van der Waals surface area contributed by atoms with Gasteiger partial charge >= 0.3 is 0 Å². The number of aromatic nitrogens is 4. The van der Waals surface area contributed by atoms with E-state index in [1.165, 1.54) is 13.2 Å². The van der Waals surface area contributed by atoms with Crippen LogP contribution in [0.25, 0.3) is 10.8 Å². The summed E-state index contributed by atoms with van der Waals surface area (Å²) in [5, 5.41) is 15.1. The SMILES string of the molecule is C=CC(=O)N1CCCC1c1cnc(N2CC(C3CC(C)(O)CCS3(=O)=O)C2C)c2cnc(Nc3ccnc(N4CC[C@@H](OC)[C@@H](F)C4)n3)cc12. The van der Waals surface area contributed by atoms with Crippen LogP contribution in [0, 0.1) is 5.92 Å². The maximum atomic E-state index is 14.6. The van der Waals surface area contributed by atoms with Crippen molar-refractivity contribution in [2.45, 2.75) is 81.2 Å². The van der Waals surface area contributed by atoms with Crippen molar-refractivity contribution in [2.24, 2.45) is 5.92 Å². The van der Waals surface area contributed by atoms with E-state index in [1.54, 1.807) is 25.4 Å². The number of nitrogens with zero attached hydrogens (tertiary/aromatic N) is 7. The first-order valence-corrected chi connectivity index (χ1v) is 19.0. The Balaban J connectivity index is 1.20. The number of sulfone groups is 1. The Bertz CT molecular complexity index is 1900. The number of aliphatic hydroxyl groups is 1. The molecule has 0 bridgehead atoms.